The van der Waals surface area contributed by atoms with Gasteiger partial charge in [-0.3, -0.25) is 14.4 Å². The SMILES string of the molecule is CO[C@H]1/C=C/O[C@@]2(C)Oc3c(C)c(O)c4c(=O)c(c5oc6cc(N7CCCCC7)cc(=O)c6nc5c4c3=C2O)NC(=O)/C(C)=C\C=C\[C@H](C)C[C@@H](C)C[C@@H](C)[C@H](O)[C@@H]1C. The molecule has 1 amide bonds. The lowest BCUT2D eigenvalue weighted by molar-refractivity contribution is -0.112. The molecule has 1 fully saturated rings. The van der Waals surface area contributed by atoms with E-state index in [1.807, 2.05) is 26.0 Å². The Morgan fingerprint density at radius 3 is 2.41 bits per heavy atom. The number of rotatable bonds is 2. The van der Waals surface area contributed by atoms with Gasteiger partial charge in [0.1, 0.15) is 22.7 Å². The number of aromatic hydroxyl groups is 1. The third kappa shape index (κ3) is 7.66. The van der Waals surface area contributed by atoms with Crippen molar-refractivity contribution >= 4 is 56.0 Å². The molecule has 0 spiro atoms. The maximum atomic E-state index is 14.7. The second-order valence-corrected chi connectivity index (χ2v) is 17.0. The number of allylic oxidation sites excluding steroid dienone is 3. The predicted molar refractivity (Wildman–Crippen MR) is 229 cm³/mol. The number of phenols is 1. The van der Waals surface area contributed by atoms with Crippen molar-refractivity contribution in [2.45, 2.75) is 98.6 Å². The van der Waals surface area contributed by atoms with Crippen LogP contribution in [-0.2, 0) is 14.3 Å². The first-order valence-electron chi connectivity index (χ1n) is 20.6. The lowest BCUT2D eigenvalue weighted by atomic mass is 9.82. The van der Waals surface area contributed by atoms with E-state index in [0.717, 1.165) is 45.2 Å². The van der Waals surface area contributed by atoms with E-state index in [1.165, 1.54) is 26.2 Å². The number of phenolic OH excluding ortho intramolecular Hbond substituents is 1. The van der Waals surface area contributed by atoms with Crippen LogP contribution < -0.4 is 31.0 Å². The van der Waals surface area contributed by atoms with Gasteiger partial charge in [-0.1, -0.05) is 45.9 Å². The van der Waals surface area contributed by atoms with E-state index in [9.17, 15) is 29.7 Å². The molecule has 3 aliphatic heterocycles. The minimum atomic E-state index is -1.86. The normalized spacial score (nSPS) is 29.3. The molecule has 4 bridgehead atoms. The molecule has 0 radical (unpaired) electrons. The molecular weight excluding hydrogens is 755 g/mol. The zero-order valence-electron chi connectivity index (χ0n) is 35.0. The molecule has 7 rings (SSSR count). The van der Waals surface area contributed by atoms with Gasteiger partial charge in [-0.25, -0.2) is 4.98 Å². The van der Waals surface area contributed by atoms with Gasteiger partial charge < -0.3 is 44.2 Å². The molecule has 0 unspecified atom stereocenters. The van der Waals surface area contributed by atoms with Gasteiger partial charge in [0.2, 0.25) is 10.9 Å². The number of hydrogen-bond acceptors (Lipinski definition) is 12. The Morgan fingerprint density at radius 2 is 1.69 bits per heavy atom. The number of piperidine rings is 1. The zero-order valence-corrected chi connectivity index (χ0v) is 35.0. The molecule has 4 aromatic rings. The third-order valence-corrected chi connectivity index (χ3v) is 12.3. The Balaban J connectivity index is 1.49. The van der Waals surface area contributed by atoms with Crippen LogP contribution >= 0.6 is 0 Å². The summed E-state index contributed by atoms with van der Waals surface area (Å²) in [6, 6.07) is 3.21. The zero-order chi connectivity index (χ0) is 42.5. The van der Waals surface area contributed by atoms with Gasteiger partial charge in [0.05, 0.1) is 29.1 Å². The number of carbonyl (C=O) groups is 1. The van der Waals surface area contributed by atoms with Crippen molar-refractivity contribution in [3.05, 3.63) is 79.5 Å². The lowest BCUT2D eigenvalue weighted by Crippen LogP contribution is -2.36. The summed E-state index contributed by atoms with van der Waals surface area (Å²) >= 11 is 0. The molecule has 3 aromatic carbocycles. The summed E-state index contributed by atoms with van der Waals surface area (Å²) in [5, 5.41) is 37.6. The van der Waals surface area contributed by atoms with Crippen LogP contribution in [0.4, 0.5) is 11.4 Å². The highest BCUT2D eigenvalue weighted by molar-refractivity contribution is 6.16. The maximum Gasteiger partial charge on any atom is 0.307 e. The van der Waals surface area contributed by atoms with Crippen molar-refractivity contribution in [1.82, 2.24) is 4.98 Å². The number of amides is 1. The Kier molecular flexibility index (Phi) is 11.6. The number of nitrogens with zero attached hydrogens (tertiary/aromatic N) is 2. The van der Waals surface area contributed by atoms with Crippen LogP contribution in [0.1, 0.15) is 79.2 Å². The molecule has 1 aromatic heterocycles. The number of aromatic nitrogens is 1. The molecule has 0 saturated carbocycles. The quantitative estimate of drug-likeness (QED) is 0.120. The fourth-order valence-electron chi connectivity index (χ4n) is 8.98. The fourth-order valence-corrected chi connectivity index (χ4v) is 8.98. The number of aliphatic hydroxyl groups excluding tert-OH is 2. The summed E-state index contributed by atoms with van der Waals surface area (Å²) in [7, 11) is 1.54. The average molecular weight is 810 g/mol. The summed E-state index contributed by atoms with van der Waals surface area (Å²) in [4.78, 5) is 49.3. The molecule has 13 nitrogen and oxygen atoms in total. The molecule has 4 N–H and O–H groups in total. The molecular formula is C46H55N3O10. The largest absolute Gasteiger partial charge is 0.507 e. The fraction of sp³-hybridized carbons (Fsp3) is 0.478. The topological polar surface area (TPSA) is 181 Å². The van der Waals surface area contributed by atoms with Gasteiger partial charge in [-0.15, -0.1) is 0 Å². The smallest absolute Gasteiger partial charge is 0.307 e. The third-order valence-electron chi connectivity index (χ3n) is 12.3. The molecule has 1 saturated heterocycles. The molecule has 59 heavy (non-hydrogen) atoms. The Labute approximate surface area is 342 Å². The number of fused-ring (bicyclic) bond motifs is 2. The van der Waals surface area contributed by atoms with Crippen LogP contribution in [0.15, 0.2) is 62.3 Å². The molecule has 314 valence electrons. The standard InChI is InChI=1S/C46H55N3O10/c1-23-13-12-14-25(3)45(55)48-38-41(53)34-33(37-43(38)58-32-22-29(21-30(50)36(32)47-37)49-16-10-9-11-17-49)35-42(28(6)40(34)52)59-46(7,44(35)54)57-18-15-31(56-8)27(5)39(51)26(4)20-24(2)19-23/h12-15,18,21-24,26-27,31,39,51-52,54H,9-11,16-17,19-20H2,1-8H3,(H,48,55)/b13-12+,18-15+,25-14-/t23-,24+,26+,27+,31-,39-,46-/m0/s1. The minimum absolute atomic E-state index is 0.00503. The lowest BCUT2D eigenvalue weighted by Gasteiger charge is -2.31. The van der Waals surface area contributed by atoms with Gasteiger partial charge >= 0.3 is 5.79 Å². The van der Waals surface area contributed by atoms with Crippen LogP contribution in [0.25, 0.3) is 38.7 Å². The summed E-state index contributed by atoms with van der Waals surface area (Å²) in [6.45, 7) is 14.3. The Hall–Kier alpha value is -5.40. The summed E-state index contributed by atoms with van der Waals surface area (Å²) < 4.78 is 24.6. The summed E-state index contributed by atoms with van der Waals surface area (Å²) in [5.74, 6) is -3.28. The van der Waals surface area contributed by atoms with Crippen molar-refractivity contribution in [3.8, 4) is 11.5 Å². The number of methoxy groups -OCH3 is 1. The van der Waals surface area contributed by atoms with Gasteiger partial charge in [0.25, 0.3) is 5.91 Å². The van der Waals surface area contributed by atoms with Crippen molar-refractivity contribution in [2.75, 3.05) is 30.4 Å². The van der Waals surface area contributed by atoms with Crippen LogP contribution in [0, 0.1) is 30.6 Å². The van der Waals surface area contributed by atoms with E-state index in [1.54, 1.807) is 32.3 Å². The second-order valence-electron chi connectivity index (χ2n) is 17.0. The molecule has 4 heterocycles. The van der Waals surface area contributed by atoms with Crippen LogP contribution in [0.3, 0.4) is 0 Å². The highest BCUT2D eigenvalue weighted by Crippen LogP contribution is 2.42. The van der Waals surface area contributed by atoms with Crippen LogP contribution in [-0.4, -0.2) is 64.4 Å². The van der Waals surface area contributed by atoms with Crippen LogP contribution in [0.5, 0.6) is 11.5 Å². The maximum absolute atomic E-state index is 14.7. The van der Waals surface area contributed by atoms with Crippen molar-refractivity contribution < 1.29 is 38.7 Å². The van der Waals surface area contributed by atoms with E-state index >= 15 is 0 Å². The van der Waals surface area contributed by atoms with E-state index in [2.05, 4.69) is 24.1 Å². The van der Waals surface area contributed by atoms with E-state index in [0.29, 0.717) is 11.3 Å². The monoisotopic (exact) mass is 809 g/mol. The number of nitrogens with one attached hydrogen (secondary N) is 1. The number of anilines is 2. The minimum Gasteiger partial charge on any atom is -0.507 e. The van der Waals surface area contributed by atoms with Crippen molar-refractivity contribution in [3.63, 3.8) is 0 Å². The second kappa shape index (κ2) is 16.3. The first-order chi connectivity index (χ1) is 28.0. The van der Waals surface area contributed by atoms with Crippen molar-refractivity contribution in [2.24, 2.45) is 23.7 Å². The van der Waals surface area contributed by atoms with Gasteiger partial charge in [0, 0.05) is 67.4 Å². The van der Waals surface area contributed by atoms with E-state index in [4.69, 9.17) is 23.6 Å². The van der Waals surface area contributed by atoms with Gasteiger partial charge in [-0.2, -0.15) is 0 Å². The number of hydrogen-bond donors (Lipinski definition) is 4. The highest BCUT2D eigenvalue weighted by atomic mass is 16.7. The van der Waals surface area contributed by atoms with Crippen molar-refractivity contribution in [1.29, 1.82) is 0 Å². The van der Waals surface area contributed by atoms with E-state index < -0.39 is 46.3 Å². The number of carbonyl (C=O) groups excluding carboxylic acids is 1. The highest BCUT2D eigenvalue weighted by Gasteiger charge is 2.43. The Morgan fingerprint density at radius 1 is 0.966 bits per heavy atom. The molecule has 7 atom stereocenters. The predicted octanol–water partition coefficient (Wildman–Crippen LogP) is 7.04. The Bertz CT molecular complexity index is 2590. The first kappa shape index (κ1) is 41.7. The number of aliphatic hydroxyl groups is 2. The number of ether oxygens (including phenoxy) is 3. The molecule has 13 heteroatoms. The summed E-state index contributed by atoms with van der Waals surface area (Å²) in [6.07, 6.45) is 11.9. The molecule has 0 aliphatic carbocycles. The first-order valence-corrected chi connectivity index (χ1v) is 20.6. The number of benzene rings is 3. The van der Waals surface area contributed by atoms with E-state index in [-0.39, 0.29) is 78.9 Å². The van der Waals surface area contributed by atoms with Crippen LogP contribution in [0.2, 0.25) is 0 Å². The van der Waals surface area contributed by atoms with Gasteiger partial charge in [0.15, 0.2) is 22.4 Å². The summed E-state index contributed by atoms with van der Waals surface area (Å²) in [5.41, 5.74) is -0.610. The van der Waals surface area contributed by atoms with Gasteiger partial charge in [-0.05, 0) is 69.8 Å². The molecule has 3 aliphatic rings. The average Bonchev–Trinajstić information content (AvgIpc) is 3.47.